The van der Waals surface area contributed by atoms with E-state index in [-0.39, 0.29) is 23.7 Å². The number of H-pyrrole nitrogens is 1. The van der Waals surface area contributed by atoms with Gasteiger partial charge in [0.2, 0.25) is 11.8 Å². The summed E-state index contributed by atoms with van der Waals surface area (Å²) in [5, 5.41) is 6.18. The van der Waals surface area contributed by atoms with Gasteiger partial charge in [-0.2, -0.15) is 0 Å². The maximum atomic E-state index is 12.8. The molecule has 0 aliphatic carbocycles. The average molecular weight is 455 g/mol. The van der Waals surface area contributed by atoms with E-state index in [1.54, 1.807) is 24.3 Å². The molecule has 0 radical (unpaired) electrons. The van der Waals surface area contributed by atoms with E-state index in [9.17, 15) is 14.4 Å². The molecule has 4 rings (SSSR count). The second-order valence-corrected chi connectivity index (χ2v) is 8.62. The topological polar surface area (TPSA) is 104 Å². The predicted molar refractivity (Wildman–Crippen MR) is 122 cm³/mol. The van der Waals surface area contributed by atoms with Crippen LogP contribution < -0.4 is 16.2 Å². The first-order chi connectivity index (χ1) is 14.9. The molecule has 2 amide bonds. The van der Waals surface area contributed by atoms with Gasteiger partial charge in [-0.25, -0.2) is 4.98 Å². The van der Waals surface area contributed by atoms with Gasteiger partial charge in [0.25, 0.3) is 5.56 Å². The van der Waals surface area contributed by atoms with Crippen LogP contribution in [0.4, 0.5) is 11.5 Å². The first kappa shape index (κ1) is 21.1. The first-order valence-corrected chi connectivity index (χ1v) is 10.9. The number of anilines is 2. The number of aromatic amines is 1. The van der Waals surface area contributed by atoms with Crippen LogP contribution in [0.5, 0.6) is 0 Å². The minimum absolute atomic E-state index is 0.123. The molecule has 1 aliphatic rings. The molecule has 2 aromatic carbocycles. The van der Waals surface area contributed by atoms with Crippen LogP contribution in [0, 0.1) is 6.92 Å². The summed E-state index contributed by atoms with van der Waals surface area (Å²) in [6, 6.07) is 14.7. The van der Waals surface area contributed by atoms with Gasteiger partial charge in [-0.3, -0.25) is 14.4 Å². The van der Waals surface area contributed by atoms with Crippen molar-refractivity contribution in [3.05, 3.63) is 80.6 Å². The Hall–Kier alpha value is -3.10. The third-order valence-corrected chi connectivity index (χ3v) is 5.98. The highest BCUT2D eigenvalue weighted by Crippen LogP contribution is 2.31. The molecule has 1 atom stereocenters. The van der Waals surface area contributed by atoms with E-state index in [1.807, 2.05) is 25.1 Å². The first-order valence-electron chi connectivity index (χ1n) is 9.58. The third-order valence-electron chi connectivity index (χ3n) is 4.80. The van der Waals surface area contributed by atoms with E-state index < -0.39 is 17.4 Å². The van der Waals surface area contributed by atoms with Gasteiger partial charge < -0.3 is 15.6 Å². The minimum atomic E-state index is -0.949. The molecule has 0 bridgehead atoms. The van der Waals surface area contributed by atoms with E-state index in [0.29, 0.717) is 21.6 Å². The van der Waals surface area contributed by atoms with Gasteiger partial charge >= 0.3 is 0 Å². The Morgan fingerprint density at radius 1 is 1.23 bits per heavy atom. The van der Waals surface area contributed by atoms with Crippen LogP contribution in [0.15, 0.2) is 58.5 Å². The summed E-state index contributed by atoms with van der Waals surface area (Å²) >= 11 is 7.31. The maximum Gasteiger partial charge on any atom is 0.257 e. The summed E-state index contributed by atoms with van der Waals surface area (Å²) in [6.45, 7) is 2.01. The van der Waals surface area contributed by atoms with Crippen LogP contribution >= 0.6 is 23.4 Å². The van der Waals surface area contributed by atoms with Crippen LogP contribution in [-0.2, 0) is 15.3 Å². The summed E-state index contributed by atoms with van der Waals surface area (Å²) in [7, 11) is 0. The number of fused-ring (bicyclic) bond motifs is 1. The number of nitrogens with one attached hydrogen (secondary N) is 3. The number of hydrogen-bond donors (Lipinski definition) is 3. The highest BCUT2D eigenvalue weighted by atomic mass is 35.5. The van der Waals surface area contributed by atoms with E-state index >= 15 is 0 Å². The van der Waals surface area contributed by atoms with Gasteiger partial charge in [-0.05, 0) is 30.7 Å². The number of carbonyl (C=O) groups is 2. The van der Waals surface area contributed by atoms with E-state index in [0.717, 1.165) is 11.1 Å². The number of benzene rings is 2. The summed E-state index contributed by atoms with van der Waals surface area (Å²) in [5.74, 6) is -1.05. The number of nitrogens with zero attached hydrogens (tertiary/aromatic N) is 1. The average Bonchev–Trinajstić information content (AvgIpc) is 2.71. The van der Waals surface area contributed by atoms with Crippen molar-refractivity contribution in [2.45, 2.75) is 30.2 Å². The molecule has 1 unspecified atom stereocenters. The lowest BCUT2D eigenvalue weighted by molar-refractivity contribution is -0.123. The highest BCUT2D eigenvalue weighted by Gasteiger charge is 2.34. The Kier molecular flexibility index (Phi) is 6.11. The van der Waals surface area contributed by atoms with Gasteiger partial charge in [0.05, 0.1) is 11.5 Å². The molecule has 2 heterocycles. The zero-order valence-electron chi connectivity index (χ0n) is 16.6. The van der Waals surface area contributed by atoms with Gasteiger partial charge in [0, 0.05) is 22.9 Å². The highest BCUT2D eigenvalue weighted by molar-refractivity contribution is 7.98. The third kappa shape index (κ3) is 4.98. The zero-order chi connectivity index (χ0) is 22.0. The molecule has 0 fully saturated rings. The van der Waals surface area contributed by atoms with E-state index in [4.69, 9.17) is 11.6 Å². The number of thioether (sulfide) groups is 1. The quantitative estimate of drug-likeness (QED) is 0.398. The minimum Gasteiger partial charge on any atom is -0.325 e. The van der Waals surface area contributed by atoms with E-state index in [1.165, 1.54) is 11.8 Å². The smallest absolute Gasteiger partial charge is 0.257 e. The molecule has 0 spiro atoms. The lowest BCUT2D eigenvalue weighted by Gasteiger charge is -2.23. The lowest BCUT2D eigenvalue weighted by atomic mass is 9.92. The molecular weight excluding hydrogens is 436 g/mol. The van der Waals surface area contributed by atoms with Crippen LogP contribution in [0.25, 0.3) is 0 Å². The van der Waals surface area contributed by atoms with Crippen molar-refractivity contribution in [2.24, 2.45) is 0 Å². The van der Waals surface area contributed by atoms with Crippen molar-refractivity contribution in [3.8, 4) is 0 Å². The Balaban J connectivity index is 1.58. The molecule has 1 aromatic heterocycles. The zero-order valence-corrected chi connectivity index (χ0v) is 18.1. The van der Waals surface area contributed by atoms with Crippen molar-refractivity contribution in [3.63, 3.8) is 0 Å². The number of halogens is 1. The number of hydrogen-bond acceptors (Lipinski definition) is 5. The largest absolute Gasteiger partial charge is 0.325 e. The standard InChI is InChI=1S/C22H19ClN4O3S/c1-12-4-2-5-13(8-12)11-31-22-26-19-18(21(30)27-22)16(10-17(28)25-19)20(29)24-15-7-3-6-14(23)9-15/h2-9,16H,10-11H2,1H3,(H,24,29)(H2,25,26,27,28,30). The lowest BCUT2D eigenvalue weighted by Crippen LogP contribution is -2.36. The van der Waals surface area contributed by atoms with Crippen molar-refractivity contribution in [1.82, 2.24) is 9.97 Å². The van der Waals surface area contributed by atoms with Crippen LogP contribution in [0.2, 0.25) is 5.02 Å². The van der Waals surface area contributed by atoms with Gasteiger partial charge in [0.15, 0.2) is 5.16 Å². The maximum absolute atomic E-state index is 12.8. The fraction of sp³-hybridized carbons (Fsp3) is 0.182. The number of amides is 2. The summed E-state index contributed by atoms with van der Waals surface area (Å²) in [4.78, 5) is 45.0. The van der Waals surface area contributed by atoms with Crippen molar-refractivity contribution >= 4 is 46.7 Å². The molecule has 0 saturated carbocycles. The molecule has 31 heavy (non-hydrogen) atoms. The Morgan fingerprint density at radius 3 is 2.81 bits per heavy atom. The number of rotatable bonds is 5. The number of aryl methyl sites for hydroxylation is 1. The molecular formula is C22H19ClN4O3S. The Labute approximate surface area is 187 Å². The fourth-order valence-electron chi connectivity index (χ4n) is 3.39. The summed E-state index contributed by atoms with van der Waals surface area (Å²) in [6.07, 6.45) is -0.139. The Bertz CT molecular complexity index is 1230. The van der Waals surface area contributed by atoms with Gasteiger partial charge in [-0.15, -0.1) is 0 Å². The summed E-state index contributed by atoms with van der Waals surface area (Å²) < 4.78 is 0. The molecule has 9 heteroatoms. The molecule has 1 aliphatic heterocycles. The molecule has 7 nitrogen and oxygen atoms in total. The molecule has 3 N–H and O–H groups in total. The van der Waals surface area contributed by atoms with Crippen molar-refractivity contribution in [1.29, 1.82) is 0 Å². The van der Waals surface area contributed by atoms with Crippen molar-refractivity contribution in [2.75, 3.05) is 10.6 Å². The molecule has 3 aromatic rings. The van der Waals surface area contributed by atoms with Crippen LogP contribution in [0.1, 0.15) is 29.0 Å². The van der Waals surface area contributed by atoms with Crippen molar-refractivity contribution < 1.29 is 9.59 Å². The Morgan fingerprint density at radius 2 is 2.03 bits per heavy atom. The van der Waals surface area contributed by atoms with Gasteiger partial charge in [-0.1, -0.05) is 59.3 Å². The second-order valence-electron chi connectivity index (χ2n) is 7.22. The molecule has 158 valence electrons. The number of aromatic nitrogens is 2. The SMILES string of the molecule is Cc1cccc(CSc2nc3c(c(=O)[nH]2)C(C(=O)Nc2cccc(Cl)c2)CC(=O)N3)c1. The van der Waals surface area contributed by atoms with Crippen LogP contribution in [-0.4, -0.2) is 21.8 Å². The monoisotopic (exact) mass is 454 g/mol. The normalized spacial score (nSPS) is 15.2. The predicted octanol–water partition coefficient (Wildman–Crippen LogP) is 4.09. The molecule has 0 saturated heterocycles. The summed E-state index contributed by atoms with van der Waals surface area (Å²) in [5.41, 5.74) is 2.43. The van der Waals surface area contributed by atoms with E-state index in [2.05, 4.69) is 26.7 Å². The van der Waals surface area contributed by atoms with Gasteiger partial charge in [0.1, 0.15) is 5.82 Å². The number of carbonyl (C=O) groups excluding carboxylic acids is 2. The van der Waals surface area contributed by atoms with Crippen LogP contribution in [0.3, 0.4) is 0 Å². The second kappa shape index (κ2) is 8.95. The fourth-order valence-corrected chi connectivity index (χ4v) is 4.39.